The molecule has 0 aliphatic heterocycles. The smallest absolute Gasteiger partial charge is 0.140 e. The van der Waals surface area contributed by atoms with E-state index in [9.17, 15) is 0 Å². The number of nitrogen functional groups attached to an aromatic ring is 1. The van der Waals surface area contributed by atoms with Crippen LogP contribution in [0.3, 0.4) is 0 Å². The molecular weight excluding hydrogens is 290 g/mol. The standard InChI is InChI=1S/C14H12BrN3/c1-9-6-12(16)7-18-8-13(17-14(9)18)10-2-4-11(15)5-3-10/h2-8H,16H2,1H3. The monoisotopic (exact) mass is 301 g/mol. The Balaban J connectivity index is 2.19. The number of halogens is 1. The molecule has 0 saturated carbocycles. The molecule has 0 aliphatic carbocycles. The number of hydrogen-bond donors (Lipinski definition) is 1. The zero-order chi connectivity index (χ0) is 12.7. The summed E-state index contributed by atoms with van der Waals surface area (Å²) in [5.74, 6) is 0. The van der Waals surface area contributed by atoms with Gasteiger partial charge in [-0.3, -0.25) is 0 Å². The molecule has 0 aliphatic rings. The second-order valence-corrected chi connectivity index (χ2v) is 5.24. The molecule has 1 aromatic carbocycles. The van der Waals surface area contributed by atoms with Crippen LogP contribution in [-0.2, 0) is 0 Å². The van der Waals surface area contributed by atoms with Crippen LogP contribution >= 0.6 is 15.9 Å². The lowest BCUT2D eigenvalue weighted by molar-refractivity contribution is 1.17. The molecule has 0 radical (unpaired) electrons. The topological polar surface area (TPSA) is 43.3 Å². The van der Waals surface area contributed by atoms with E-state index in [-0.39, 0.29) is 0 Å². The summed E-state index contributed by atoms with van der Waals surface area (Å²) in [4.78, 5) is 4.65. The van der Waals surface area contributed by atoms with Crippen LogP contribution in [0.5, 0.6) is 0 Å². The molecule has 0 fully saturated rings. The van der Waals surface area contributed by atoms with Crippen molar-refractivity contribution in [1.29, 1.82) is 0 Å². The van der Waals surface area contributed by atoms with Crippen molar-refractivity contribution >= 4 is 27.3 Å². The van der Waals surface area contributed by atoms with E-state index in [1.54, 1.807) is 0 Å². The quantitative estimate of drug-likeness (QED) is 0.745. The SMILES string of the molecule is Cc1cc(N)cn2cc(-c3ccc(Br)cc3)nc12. The molecule has 3 aromatic rings. The number of nitrogens with two attached hydrogens (primary N) is 1. The summed E-state index contributed by atoms with van der Waals surface area (Å²) in [5.41, 5.74) is 10.7. The second kappa shape index (κ2) is 4.14. The highest BCUT2D eigenvalue weighted by atomic mass is 79.9. The van der Waals surface area contributed by atoms with Crippen LogP contribution in [0.2, 0.25) is 0 Å². The van der Waals surface area contributed by atoms with Gasteiger partial charge in [-0.25, -0.2) is 4.98 Å². The number of rotatable bonds is 1. The van der Waals surface area contributed by atoms with E-state index in [1.165, 1.54) is 0 Å². The lowest BCUT2D eigenvalue weighted by Crippen LogP contribution is -1.92. The molecule has 0 saturated heterocycles. The number of fused-ring (bicyclic) bond motifs is 1. The molecule has 3 rings (SSSR count). The maximum Gasteiger partial charge on any atom is 0.140 e. The zero-order valence-corrected chi connectivity index (χ0v) is 11.5. The summed E-state index contributed by atoms with van der Waals surface area (Å²) < 4.78 is 3.04. The predicted octanol–water partition coefficient (Wildman–Crippen LogP) is 3.65. The highest BCUT2D eigenvalue weighted by Crippen LogP contribution is 2.23. The van der Waals surface area contributed by atoms with Gasteiger partial charge in [-0.1, -0.05) is 28.1 Å². The highest BCUT2D eigenvalue weighted by Gasteiger charge is 2.06. The molecule has 0 bridgehead atoms. The van der Waals surface area contributed by atoms with Crippen molar-refractivity contribution in [3.8, 4) is 11.3 Å². The maximum atomic E-state index is 5.84. The Bertz CT molecular complexity index is 714. The Morgan fingerprint density at radius 2 is 1.89 bits per heavy atom. The number of aryl methyl sites for hydroxylation is 1. The largest absolute Gasteiger partial charge is 0.398 e. The van der Waals surface area contributed by atoms with Crippen molar-refractivity contribution in [2.45, 2.75) is 6.92 Å². The number of anilines is 1. The van der Waals surface area contributed by atoms with Gasteiger partial charge in [0.2, 0.25) is 0 Å². The summed E-state index contributed by atoms with van der Waals surface area (Å²) >= 11 is 3.43. The molecule has 0 atom stereocenters. The Morgan fingerprint density at radius 1 is 1.17 bits per heavy atom. The van der Waals surface area contributed by atoms with Gasteiger partial charge in [0.15, 0.2) is 0 Å². The fourth-order valence-electron chi connectivity index (χ4n) is 2.06. The van der Waals surface area contributed by atoms with Crippen molar-refractivity contribution in [3.63, 3.8) is 0 Å². The van der Waals surface area contributed by atoms with Crippen LogP contribution in [0, 0.1) is 6.92 Å². The first-order chi connectivity index (χ1) is 8.63. The van der Waals surface area contributed by atoms with E-state index in [0.29, 0.717) is 0 Å². The summed E-state index contributed by atoms with van der Waals surface area (Å²) in [6.45, 7) is 2.02. The minimum atomic E-state index is 0.750. The van der Waals surface area contributed by atoms with Gasteiger partial charge in [0, 0.05) is 28.1 Å². The predicted molar refractivity (Wildman–Crippen MR) is 77.5 cm³/mol. The number of pyridine rings is 1. The molecular formula is C14H12BrN3. The summed E-state index contributed by atoms with van der Waals surface area (Å²) in [5, 5.41) is 0. The fraction of sp³-hybridized carbons (Fsp3) is 0.0714. The van der Waals surface area contributed by atoms with Gasteiger partial charge in [-0.05, 0) is 30.7 Å². The van der Waals surface area contributed by atoms with Crippen molar-refractivity contribution < 1.29 is 0 Å². The molecule has 0 amide bonds. The van der Waals surface area contributed by atoms with Crippen molar-refractivity contribution in [2.24, 2.45) is 0 Å². The van der Waals surface area contributed by atoms with E-state index in [0.717, 1.165) is 32.6 Å². The van der Waals surface area contributed by atoms with Gasteiger partial charge in [-0.15, -0.1) is 0 Å². The number of benzene rings is 1. The van der Waals surface area contributed by atoms with Crippen LogP contribution in [0.1, 0.15) is 5.56 Å². The van der Waals surface area contributed by atoms with Crippen molar-refractivity contribution in [3.05, 3.63) is 52.8 Å². The van der Waals surface area contributed by atoms with Gasteiger partial charge in [0.25, 0.3) is 0 Å². The van der Waals surface area contributed by atoms with Gasteiger partial charge in [0.05, 0.1) is 5.69 Å². The zero-order valence-electron chi connectivity index (χ0n) is 9.89. The van der Waals surface area contributed by atoms with Gasteiger partial charge in [-0.2, -0.15) is 0 Å². The van der Waals surface area contributed by atoms with Crippen molar-refractivity contribution in [2.75, 3.05) is 5.73 Å². The van der Waals surface area contributed by atoms with E-state index >= 15 is 0 Å². The number of aromatic nitrogens is 2. The van der Waals surface area contributed by atoms with Crippen LogP contribution in [0.15, 0.2) is 47.2 Å². The third-order valence-corrected chi connectivity index (χ3v) is 3.42. The number of nitrogens with zero attached hydrogens (tertiary/aromatic N) is 2. The first kappa shape index (κ1) is 11.3. The van der Waals surface area contributed by atoms with Crippen LogP contribution in [0.4, 0.5) is 5.69 Å². The summed E-state index contributed by atoms with van der Waals surface area (Å²) in [6, 6.07) is 10.1. The number of hydrogen-bond acceptors (Lipinski definition) is 2. The van der Waals surface area contributed by atoms with E-state index in [4.69, 9.17) is 5.73 Å². The normalized spacial score (nSPS) is 11.0. The Labute approximate surface area is 113 Å². The molecule has 0 unspecified atom stereocenters. The lowest BCUT2D eigenvalue weighted by Gasteiger charge is -1.98. The molecule has 0 spiro atoms. The molecule has 2 aromatic heterocycles. The van der Waals surface area contributed by atoms with E-state index in [1.807, 2.05) is 54.0 Å². The highest BCUT2D eigenvalue weighted by molar-refractivity contribution is 9.10. The molecule has 2 heterocycles. The first-order valence-electron chi connectivity index (χ1n) is 5.64. The van der Waals surface area contributed by atoms with E-state index < -0.39 is 0 Å². The molecule has 90 valence electrons. The Morgan fingerprint density at radius 3 is 2.61 bits per heavy atom. The van der Waals surface area contributed by atoms with Crippen LogP contribution < -0.4 is 5.73 Å². The van der Waals surface area contributed by atoms with Crippen LogP contribution in [-0.4, -0.2) is 9.38 Å². The lowest BCUT2D eigenvalue weighted by atomic mass is 10.2. The molecule has 3 nitrogen and oxygen atoms in total. The average molecular weight is 302 g/mol. The van der Waals surface area contributed by atoms with E-state index in [2.05, 4.69) is 20.9 Å². The molecule has 4 heteroatoms. The third kappa shape index (κ3) is 1.88. The fourth-order valence-corrected chi connectivity index (χ4v) is 2.32. The van der Waals surface area contributed by atoms with Gasteiger partial charge in [0.1, 0.15) is 5.65 Å². The molecule has 2 N–H and O–H groups in total. The van der Waals surface area contributed by atoms with Gasteiger partial charge < -0.3 is 10.1 Å². The average Bonchev–Trinajstić information content (AvgIpc) is 2.74. The minimum Gasteiger partial charge on any atom is -0.398 e. The van der Waals surface area contributed by atoms with Gasteiger partial charge >= 0.3 is 0 Å². The number of imidazole rings is 1. The van der Waals surface area contributed by atoms with Crippen LogP contribution in [0.25, 0.3) is 16.9 Å². The Kier molecular flexibility index (Phi) is 2.59. The second-order valence-electron chi connectivity index (χ2n) is 4.32. The summed E-state index contributed by atoms with van der Waals surface area (Å²) in [6.07, 6.45) is 3.89. The molecule has 18 heavy (non-hydrogen) atoms. The maximum absolute atomic E-state index is 5.84. The first-order valence-corrected chi connectivity index (χ1v) is 6.43. The minimum absolute atomic E-state index is 0.750. The third-order valence-electron chi connectivity index (χ3n) is 2.90. The van der Waals surface area contributed by atoms with Crippen molar-refractivity contribution in [1.82, 2.24) is 9.38 Å². The summed E-state index contributed by atoms with van der Waals surface area (Å²) in [7, 11) is 0. The Hall–Kier alpha value is -1.81.